The van der Waals surface area contributed by atoms with Gasteiger partial charge in [0.2, 0.25) is 5.65 Å². The first-order chi connectivity index (χ1) is 10.2. The van der Waals surface area contributed by atoms with E-state index in [1.54, 1.807) is 22.7 Å². The van der Waals surface area contributed by atoms with E-state index in [4.69, 9.17) is 0 Å². The Morgan fingerprint density at radius 3 is 3.14 bits per heavy atom. The quantitative estimate of drug-likeness (QED) is 0.680. The van der Waals surface area contributed by atoms with E-state index in [0.29, 0.717) is 23.9 Å². The molecule has 1 saturated heterocycles. The Balaban J connectivity index is 1.89. The minimum absolute atomic E-state index is 0.0706. The molecule has 0 radical (unpaired) electrons. The molecule has 0 aliphatic carbocycles. The van der Waals surface area contributed by atoms with E-state index < -0.39 is 0 Å². The third-order valence-corrected chi connectivity index (χ3v) is 4.04. The lowest BCUT2D eigenvalue weighted by atomic mass is 10.1. The number of aromatic nitrogens is 2. The second kappa shape index (κ2) is 5.79. The van der Waals surface area contributed by atoms with Crippen LogP contribution in [0.4, 0.5) is 5.82 Å². The van der Waals surface area contributed by atoms with Crippen molar-refractivity contribution in [2.24, 2.45) is 0 Å². The van der Waals surface area contributed by atoms with Gasteiger partial charge in [-0.05, 0) is 37.4 Å². The van der Waals surface area contributed by atoms with Crippen molar-refractivity contribution >= 4 is 11.5 Å². The molecular weight excluding hydrogens is 270 g/mol. The van der Waals surface area contributed by atoms with Gasteiger partial charge < -0.3 is 15.4 Å². The summed E-state index contributed by atoms with van der Waals surface area (Å²) in [6.07, 6.45) is 3.94. The average Bonchev–Trinajstić information content (AvgIpc) is 2.86. The van der Waals surface area contributed by atoms with Crippen LogP contribution in [0.15, 0.2) is 24.4 Å². The SMILES string of the molecule is CN(Cc1nc2ccccn2c1[N+](=O)[O-])C1CCCNC1. The van der Waals surface area contributed by atoms with Crippen LogP contribution in [-0.2, 0) is 6.54 Å². The van der Waals surface area contributed by atoms with Crippen LogP contribution in [0.25, 0.3) is 5.65 Å². The molecule has 2 aromatic heterocycles. The predicted molar refractivity (Wildman–Crippen MR) is 79.2 cm³/mol. The van der Waals surface area contributed by atoms with Crippen molar-refractivity contribution in [3.63, 3.8) is 0 Å². The lowest BCUT2D eigenvalue weighted by Gasteiger charge is -2.30. The lowest BCUT2D eigenvalue weighted by molar-refractivity contribution is -0.391. The van der Waals surface area contributed by atoms with Crippen molar-refractivity contribution in [1.82, 2.24) is 19.6 Å². The van der Waals surface area contributed by atoms with E-state index >= 15 is 0 Å². The van der Waals surface area contributed by atoms with E-state index in [-0.39, 0.29) is 10.7 Å². The van der Waals surface area contributed by atoms with Gasteiger partial charge in [-0.3, -0.25) is 4.90 Å². The van der Waals surface area contributed by atoms with E-state index in [9.17, 15) is 10.1 Å². The van der Waals surface area contributed by atoms with Crippen LogP contribution in [0.2, 0.25) is 0 Å². The smallest absolute Gasteiger partial charge is 0.352 e. The van der Waals surface area contributed by atoms with Gasteiger partial charge in [-0.25, -0.2) is 4.98 Å². The van der Waals surface area contributed by atoms with E-state index in [1.165, 1.54) is 0 Å². The van der Waals surface area contributed by atoms with E-state index in [2.05, 4.69) is 15.2 Å². The molecule has 3 rings (SSSR count). The number of nitro groups is 1. The average molecular weight is 289 g/mol. The predicted octanol–water partition coefficient (Wildman–Crippen LogP) is 1.43. The van der Waals surface area contributed by atoms with Crippen molar-refractivity contribution < 1.29 is 4.92 Å². The second-order valence-electron chi connectivity index (χ2n) is 5.48. The summed E-state index contributed by atoms with van der Waals surface area (Å²) in [5.41, 5.74) is 1.15. The van der Waals surface area contributed by atoms with Crippen LogP contribution in [0.5, 0.6) is 0 Å². The van der Waals surface area contributed by atoms with Crippen LogP contribution in [0, 0.1) is 10.1 Å². The fraction of sp³-hybridized carbons (Fsp3) is 0.500. The standard InChI is InChI=1S/C14H19N5O2/c1-17(11-5-4-7-15-9-11)10-12-14(19(20)21)18-8-3-2-6-13(18)16-12/h2-3,6,8,11,15H,4-5,7,9-10H2,1H3. The molecular formula is C14H19N5O2. The molecule has 0 bridgehead atoms. The maximum absolute atomic E-state index is 11.4. The molecule has 7 heteroatoms. The highest BCUT2D eigenvalue weighted by molar-refractivity contribution is 5.48. The molecule has 0 aromatic carbocycles. The summed E-state index contributed by atoms with van der Waals surface area (Å²) in [5, 5.41) is 14.7. The highest BCUT2D eigenvalue weighted by Gasteiger charge is 2.25. The third-order valence-electron chi connectivity index (χ3n) is 4.04. The maximum atomic E-state index is 11.4. The van der Waals surface area contributed by atoms with Crippen molar-refractivity contribution in [3.8, 4) is 0 Å². The van der Waals surface area contributed by atoms with Crippen LogP contribution < -0.4 is 5.32 Å². The lowest BCUT2D eigenvalue weighted by Crippen LogP contribution is -2.43. The molecule has 0 amide bonds. The molecule has 0 spiro atoms. The van der Waals surface area contributed by atoms with E-state index in [0.717, 1.165) is 25.9 Å². The first-order valence-electron chi connectivity index (χ1n) is 7.18. The number of pyridine rings is 1. The molecule has 1 fully saturated rings. The van der Waals surface area contributed by atoms with Crippen molar-refractivity contribution in [2.45, 2.75) is 25.4 Å². The fourth-order valence-electron chi connectivity index (χ4n) is 2.91. The number of nitrogens with one attached hydrogen (secondary N) is 1. The topological polar surface area (TPSA) is 75.7 Å². The minimum Gasteiger partial charge on any atom is -0.358 e. The van der Waals surface area contributed by atoms with Crippen LogP contribution in [-0.4, -0.2) is 45.4 Å². The molecule has 2 aromatic rings. The molecule has 1 atom stereocenters. The van der Waals surface area contributed by atoms with Gasteiger partial charge in [0.05, 0.1) is 6.20 Å². The van der Waals surface area contributed by atoms with Gasteiger partial charge in [-0.2, -0.15) is 4.40 Å². The number of imidazole rings is 1. The number of nitrogens with zero attached hydrogens (tertiary/aromatic N) is 4. The largest absolute Gasteiger partial charge is 0.358 e. The summed E-state index contributed by atoms with van der Waals surface area (Å²) in [6.45, 7) is 2.47. The molecule has 1 aliphatic rings. The van der Waals surface area contributed by atoms with E-state index in [1.807, 2.05) is 13.1 Å². The number of likely N-dealkylation sites (N-methyl/N-ethyl adjacent to an activating group) is 1. The monoisotopic (exact) mass is 289 g/mol. The zero-order valence-electron chi connectivity index (χ0n) is 12.0. The van der Waals surface area contributed by atoms with Gasteiger partial charge in [-0.1, -0.05) is 6.07 Å². The highest BCUT2D eigenvalue weighted by Crippen LogP contribution is 2.23. The Bertz CT molecular complexity index is 648. The number of rotatable bonds is 4. The summed E-state index contributed by atoms with van der Waals surface area (Å²) in [7, 11) is 2.01. The molecule has 112 valence electrons. The van der Waals surface area contributed by atoms with Crippen molar-refractivity contribution in [2.75, 3.05) is 20.1 Å². The summed E-state index contributed by atoms with van der Waals surface area (Å²) in [5.74, 6) is 0.0706. The second-order valence-corrected chi connectivity index (χ2v) is 5.48. The molecule has 3 heterocycles. The Morgan fingerprint density at radius 1 is 1.57 bits per heavy atom. The first-order valence-corrected chi connectivity index (χ1v) is 7.18. The normalized spacial score (nSPS) is 19.2. The number of piperidine rings is 1. The maximum Gasteiger partial charge on any atom is 0.352 e. The van der Waals surface area contributed by atoms with Crippen LogP contribution >= 0.6 is 0 Å². The van der Waals surface area contributed by atoms with Gasteiger partial charge in [0.1, 0.15) is 0 Å². The Labute approximate surface area is 122 Å². The summed E-state index contributed by atoms with van der Waals surface area (Å²) in [6, 6.07) is 5.81. The van der Waals surface area contributed by atoms with Gasteiger partial charge in [0.25, 0.3) is 0 Å². The van der Waals surface area contributed by atoms with Gasteiger partial charge in [0.15, 0.2) is 5.69 Å². The third kappa shape index (κ3) is 2.74. The number of fused-ring (bicyclic) bond motifs is 1. The van der Waals surface area contributed by atoms with Crippen molar-refractivity contribution in [3.05, 3.63) is 40.2 Å². The molecule has 0 saturated carbocycles. The molecule has 7 nitrogen and oxygen atoms in total. The molecule has 1 unspecified atom stereocenters. The first kappa shape index (κ1) is 14.0. The molecule has 1 aliphatic heterocycles. The molecule has 21 heavy (non-hydrogen) atoms. The van der Waals surface area contributed by atoms with Gasteiger partial charge >= 0.3 is 5.82 Å². The summed E-state index contributed by atoms with van der Waals surface area (Å²) < 4.78 is 1.54. The van der Waals surface area contributed by atoms with Crippen LogP contribution in [0.1, 0.15) is 18.5 Å². The number of hydrogen-bond acceptors (Lipinski definition) is 5. The summed E-state index contributed by atoms with van der Waals surface area (Å²) >= 11 is 0. The zero-order valence-corrected chi connectivity index (χ0v) is 12.0. The Hall–Kier alpha value is -1.99. The summed E-state index contributed by atoms with van der Waals surface area (Å²) in [4.78, 5) is 17.6. The molecule has 1 N–H and O–H groups in total. The van der Waals surface area contributed by atoms with Gasteiger partial charge in [-0.15, -0.1) is 0 Å². The number of hydrogen-bond donors (Lipinski definition) is 1. The van der Waals surface area contributed by atoms with Crippen LogP contribution in [0.3, 0.4) is 0 Å². The minimum atomic E-state index is -0.345. The zero-order chi connectivity index (χ0) is 14.8. The Kier molecular flexibility index (Phi) is 3.85. The Morgan fingerprint density at radius 2 is 2.43 bits per heavy atom. The van der Waals surface area contributed by atoms with Crippen molar-refractivity contribution in [1.29, 1.82) is 0 Å². The highest BCUT2D eigenvalue weighted by atomic mass is 16.6. The fourth-order valence-corrected chi connectivity index (χ4v) is 2.91. The van der Waals surface area contributed by atoms with Gasteiger partial charge in [0, 0.05) is 25.2 Å².